The van der Waals surface area contributed by atoms with Gasteiger partial charge in [-0.3, -0.25) is 0 Å². The summed E-state index contributed by atoms with van der Waals surface area (Å²) in [5, 5.41) is 11.4. The highest BCUT2D eigenvalue weighted by atomic mass is 16.7. The van der Waals surface area contributed by atoms with Gasteiger partial charge in [-0.25, -0.2) is 4.98 Å². The van der Waals surface area contributed by atoms with E-state index in [1.54, 1.807) is 20.0 Å². The van der Waals surface area contributed by atoms with Gasteiger partial charge >= 0.3 is 0 Å². The van der Waals surface area contributed by atoms with Crippen LogP contribution in [0.25, 0.3) is 5.57 Å². The quantitative estimate of drug-likeness (QED) is 0.846. The summed E-state index contributed by atoms with van der Waals surface area (Å²) in [6, 6.07) is 0. The van der Waals surface area contributed by atoms with Gasteiger partial charge in [0.25, 0.3) is 0 Å². The highest BCUT2D eigenvalue weighted by Crippen LogP contribution is 2.60. The molecule has 0 saturated carbocycles. The molecule has 1 aromatic rings. The predicted molar refractivity (Wildman–Crippen MR) is 83.7 cm³/mol. The van der Waals surface area contributed by atoms with Gasteiger partial charge in [0.1, 0.15) is 5.41 Å². The third-order valence-corrected chi connectivity index (χ3v) is 4.66. The lowest BCUT2D eigenvalue weighted by atomic mass is 9.65. The third-order valence-electron chi connectivity index (χ3n) is 4.66. The summed E-state index contributed by atoms with van der Waals surface area (Å²) in [4.78, 5) is 3.98. The second-order valence-electron chi connectivity index (χ2n) is 5.72. The fourth-order valence-electron chi connectivity index (χ4n) is 3.52. The average molecular weight is 313 g/mol. The van der Waals surface area contributed by atoms with Crippen molar-refractivity contribution in [3.05, 3.63) is 24.4 Å². The first-order valence-electron chi connectivity index (χ1n) is 7.50. The largest absolute Gasteiger partial charge is 0.444 e. The Morgan fingerprint density at radius 3 is 2.39 bits per heavy atom. The number of rotatable bonds is 2. The Labute approximate surface area is 135 Å². The molecular weight excluding hydrogens is 294 g/mol. The molecule has 1 aliphatic heterocycles. The fourth-order valence-corrected chi connectivity index (χ4v) is 3.52. The SMILES string of the molecule is CC#CC(O)(C#CC)[C@@]1(C)C(c2cnco2)=CCC12OCCO2. The van der Waals surface area contributed by atoms with E-state index >= 15 is 0 Å². The molecule has 120 valence electrons. The lowest BCUT2D eigenvalue weighted by Crippen LogP contribution is -2.58. The zero-order valence-corrected chi connectivity index (χ0v) is 13.5. The Morgan fingerprint density at radius 2 is 1.87 bits per heavy atom. The van der Waals surface area contributed by atoms with Gasteiger partial charge < -0.3 is 19.0 Å². The van der Waals surface area contributed by atoms with Crippen molar-refractivity contribution in [3.8, 4) is 23.7 Å². The number of aliphatic hydroxyl groups is 1. The molecule has 1 saturated heterocycles. The van der Waals surface area contributed by atoms with Crippen LogP contribution in [0, 0.1) is 29.1 Å². The molecule has 0 aromatic carbocycles. The molecule has 1 aliphatic carbocycles. The van der Waals surface area contributed by atoms with Gasteiger partial charge in [-0.1, -0.05) is 17.9 Å². The van der Waals surface area contributed by atoms with Crippen LogP contribution >= 0.6 is 0 Å². The number of hydrogen-bond acceptors (Lipinski definition) is 5. The summed E-state index contributed by atoms with van der Waals surface area (Å²) in [6.07, 6.45) is 5.40. The number of hydrogen-bond donors (Lipinski definition) is 1. The molecule has 23 heavy (non-hydrogen) atoms. The van der Waals surface area contributed by atoms with Crippen LogP contribution in [0.15, 0.2) is 23.1 Å². The van der Waals surface area contributed by atoms with Crippen LogP contribution in [0.1, 0.15) is 33.0 Å². The minimum absolute atomic E-state index is 0.461. The minimum atomic E-state index is -1.64. The van der Waals surface area contributed by atoms with Crippen molar-refractivity contribution < 1.29 is 19.0 Å². The van der Waals surface area contributed by atoms with E-state index in [-0.39, 0.29) is 0 Å². The number of nitrogens with zero attached hydrogens (tertiary/aromatic N) is 1. The highest BCUT2D eigenvalue weighted by molar-refractivity contribution is 5.74. The standard InChI is InChI=1S/C18H19NO4/c1-4-7-17(20,8-5-2)16(3)14(15-12-19-13-21-15)6-9-18(16)22-10-11-23-18/h6,12-13,20H,9-11H2,1-3H3/t16-/m1/s1. The first-order valence-corrected chi connectivity index (χ1v) is 7.50. The topological polar surface area (TPSA) is 64.7 Å². The molecule has 5 nitrogen and oxygen atoms in total. The Hall–Kier alpha value is -2.05. The molecule has 0 amide bonds. The van der Waals surface area contributed by atoms with Gasteiger partial charge in [0.15, 0.2) is 17.9 Å². The smallest absolute Gasteiger partial charge is 0.202 e. The van der Waals surface area contributed by atoms with Crippen LogP contribution in [0.3, 0.4) is 0 Å². The highest BCUT2D eigenvalue weighted by Gasteiger charge is 2.67. The molecule has 1 N–H and O–H groups in total. The molecule has 1 aromatic heterocycles. The van der Waals surface area contributed by atoms with Crippen molar-refractivity contribution in [3.63, 3.8) is 0 Å². The zero-order valence-electron chi connectivity index (χ0n) is 13.5. The van der Waals surface area contributed by atoms with E-state index in [4.69, 9.17) is 13.9 Å². The van der Waals surface area contributed by atoms with Crippen LogP contribution in [-0.2, 0) is 9.47 Å². The van der Waals surface area contributed by atoms with E-state index < -0.39 is 16.8 Å². The molecule has 2 aliphatic rings. The molecule has 1 spiro atoms. The van der Waals surface area contributed by atoms with Crippen molar-refractivity contribution in [1.29, 1.82) is 0 Å². The monoisotopic (exact) mass is 313 g/mol. The van der Waals surface area contributed by atoms with E-state index in [0.717, 1.165) is 5.57 Å². The Kier molecular flexibility index (Phi) is 3.82. The number of oxazole rings is 1. The first-order chi connectivity index (χ1) is 11.0. The second kappa shape index (κ2) is 5.54. The van der Waals surface area contributed by atoms with Crippen molar-refractivity contribution >= 4 is 5.57 Å². The summed E-state index contributed by atoms with van der Waals surface area (Å²) in [7, 11) is 0. The molecule has 0 bridgehead atoms. The van der Waals surface area contributed by atoms with Crippen molar-refractivity contribution in [2.24, 2.45) is 5.41 Å². The molecule has 2 heterocycles. The summed E-state index contributed by atoms with van der Waals surface area (Å²) < 4.78 is 17.4. The van der Waals surface area contributed by atoms with Crippen LogP contribution in [0.2, 0.25) is 0 Å². The van der Waals surface area contributed by atoms with E-state index in [1.165, 1.54) is 6.39 Å². The van der Waals surface area contributed by atoms with Crippen molar-refractivity contribution in [2.75, 3.05) is 13.2 Å². The second-order valence-corrected chi connectivity index (χ2v) is 5.72. The number of aromatic nitrogens is 1. The first kappa shape index (κ1) is 15.8. The van der Waals surface area contributed by atoms with Gasteiger partial charge in [-0.15, -0.1) is 11.8 Å². The van der Waals surface area contributed by atoms with Crippen LogP contribution in [0.5, 0.6) is 0 Å². The van der Waals surface area contributed by atoms with E-state index in [9.17, 15) is 5.11 Å². The lowest BCUT2D eigenvalue weighted by molar-refractivity contribution is -0.233. The van der Waals surface area contributed by atoms with Crippen molar-refractivity contribution in [2.45, 2.75) is 38.6 Å². The lowest BCUT2D eigenvalue weighted by Gasteiger charge is -2.46. The minimum Gasteiger partial charge on any atom is -0.444 e. The van der Waals surface area contributed by atoms with Gasteiger partial charge in [-0.2, -0.15) is 0 Å². The predicted octanol–water partition coefficient (Wildman–Crippen LogP) is 1.99. The molecule has 3 rings (SSSR count). The Morgan fingerprint density at radius 1 is 1.22 bits per heavy atom. The summed E-state index contributed by atoms with van der Waals surface area (Å²) >= 11 is 0. The summed E-state index contributed by atoms with van der Waals surface area (Å²) in [6.45, 7) is 6.11. The van der Waals surface area contributed by atoms with Crippen molar-refractivity contribution in [1.82, 2.24) is 4.98 Å². The normalized spacial score (nSPS) is 25.5. The molecule has 1 fully saturated rings. The maximum Gasteiger partial charge on any atom is 0.202 e. The zero-order chi connectivity index (χ0) is 16.6. The van der Waals surface area contributed by atoms with Crippen LogP contribution < -0.4 is 0 Å². The molecular formula is C18H19NO4. The Balaban J connectivity index is 2.23. The fraction of sp³-hybridized carbons (Fsp3) is 0.500. The third kappa shape index (κ3) is 2.05. The molecule has 5 heteroatoms. The van der Waals surface area contributed by atoms with Gasteiger partial charge in [-0.05, 0) is 20.8 Å². The average Bonchev–Trinajstić information content (AvgIpc) is 3.24. The van der Waals surface area contributed by atoms with E-state index in [1.807, 2.05) is 13.0 Å². The van der Waals surface area contributed by atoms with Gasteiger partial charge in [0.05, 0.1) is 19.4 Å². The molecule has 0 radical (unpaired) electrons. The van der Waals surface area contributed by atoms with Crippen LogP contribution in [-0.4, -0.2) is 34.7 Å². The molecule has 0 unspecified atom stereocenters. The van der Waals surface area contributed by atoms with Crippen LogP contribution in [0.4, 0.5) is 0 Å². The molecule has 1 atom stereocenters. The van der Waals surface area contributed by atoms with Gasteiger partial charge in [0.2, 0.25) is 5.60 Å². The number of ether oxygens (including phenoxy) is 2. The summed E-state index contributed by atoms with van der Waals surface area (Å²) in [5.41, 5.74) is -1.94. The maximum atomic E-state index is 11.4. The Bertz CT molecular complexity index is 715. The van der Waals surface area contributed by atoms with E-state index in [0.29, 0.717) is 25.4 Å². The maximum absolute atomic E-state index is 11.4. The summed E-state index contributed by atoms with van der Waals surface area (Å²) in [5.74, 6) is 10.8. The van der Waals surface area contributed by atoms with Gasteiger partial charge in [0, 0.05) is 12.0 Å². The van der Waals surface area contributed by atoms with E-state index in [2.05, 4.69) is 28.7 Å².